The molecule has 0 amide bonds. The van der Waals surface area contributed by atoms with Gasteiger partial charge in [-0.3, -0.25) is 4.98 Å². The first-order chi connectivity index (χ1) is 6.20. The lowest BCUT2D eigenvalue weighted by atomic mass is 10.3. The van der Waals surface area contributed by atoms with E-state index in [1.165, 1.54) is 0 Å². The van der Waals surface area contributed by atoms with Crippen molar-refractivity contribution in [2.24, 2.45) is 0 Å². The molecule has 2 heterocycles. The second kappa shape index (κ2) is 3.10. The Morgan fingerprint density at radius 2 is 2.23 bits per heavy atom. The lowest BCUT2D eigenvalue weighted by Gasteiger charge is -2.08. The molecule has 4 heteroatoms. The first-order valence-electron chi connectivity index (χ1n) is 4.17. The molecule has 0 N–H and O–H groups in total. The van der Waals surface area contributed by atoms with E-state index in [1.807, 2.05) is 12.3 Å². The third-order valence-electron chi connectivity index (χ3n) is 1.97. The molecular formula is C9H10BrN3. The summed E-state index contributed by atoms with van der Waals surface area (Å²) in [6.45, 7) is 4.25. The highest BCUT2D eigenvalue weighted by Crippen LogP contribution is 2.23. The second-order valence-electron chi connectivity index (χ2n) is 3.21. The molecule has 0 aliphatic rings. The van der Waals surface area contributed by atoms with Crippen LogP contribution in [0.2, 0.25) is 0 Å². The topological polar surface area (TPSA) is 30.7 Å². The van der Waals surface area contributed by atoms with E-state index in [4.69, 9.17) is 0 Å². The highest BCUT2D eigenvalue weighted by molar-refractivity contribution is 9.10. The van der Waals surface area contributed by atoms with Crippen molar-refractivity contribution >= 4 is 27.0 Å². The molecule has 0 aliphatic heterocycles. The number of fused-ring (bicyclic) bond motifs is 1. The molecule has 0 radical (unpaired) electrons. The third-order valence-corrected chi connectivity index (χ3v) is 2.52. The zero-order valence-corrected chi connectivity index (χ0v) is 9.12. The van der Waals surface area contributed by atoms with E-state index in [9.17, 15) is 0 Å². The molecule has 0 aliphatic carbocycles. The summed E-state index contributed by atoms with van der Waals surface area (Å²) < 4.78 is 2.98. The van der Waals surface area contributed by atoms with E-state index in [0.29, 0.717) is 6.04 Å². The molecule has 0 saturated heterocycles. The number of hydrogen-bond acceptors (Lipinski definition) is 2. The van der Waals surface area contributed by atoms with Gasteiger partial charge in [-0.2, -0.15) is 0 Å². The Morgan fingerprint density at radius 1 is 1.46 bits per heavy atom. The first kappa shape index (κ1) is 8.69. The summed E-state index contributed by atoms with van der Waals surface area (Å²) in [5, 5.41) is 0. The lowest BCUT2D eigenvalue weighted by Crippen LogP contribution is -2.00. The van der Waals surface area contributed by atoms with Gasteiger partial charge in [-0.1, -0.05) is 0 Å². The van der Waals surface area contributed by atoms with Gasteiger partial charge in [0.15, 0.2) is 4.73 Å². The van der Waals surface area contributed by atoms with Crippen molar-refractivity contribution in [1.82, 2.24) is 14.5 Å². The monoisotopic (exact) mass is 239 g/mol. The standard InChI is InChI=1S/C9H10BrN3/c1-6(2)13-8-5-11-4-3-7(8)12-9(13)10/h3-6H,1-2H3. The molecule has 0 spiro atoms. The van der Waals surface area contributed by atoms with Gasteiger partial charge in [0.2, 0.25) is 0 Å². The molecule has 2 rings (SSSR count). The van der Waals surface area contributed by atoms with Crippen LogP contribution in [0, 0.1) is 0 Å². The fraction of sp³-hybridized carbons (Fsp3) is 0.333. The summed E-state index contributed by atoms with van der Waals surface area (Å²) >= 11 is 3.43. The third kappa shape index (κ3) is 1.35. The van der Waals surface area contributed by atoms with Gasteiger partial charge in [-0.05, 0) is 35.8 Å². The van der Waals surface area contributed by atoms with E-state index in [-0.39, 0.29) is 0 Å². The summed E-state index contributed by atoms with van der Waals surface area (Å²) in [6.07, 6.45) is 3.60. The van der Waals surface area contributed by atoms with Gasteiger partial charge in [0.1, 0.15) is 0 Å². The minimum absolute atomic E-state index is 0.392. The molecule has 0 fully saturated rings. The van der Waals surface area contributed by atoms with Crippen molar-refractivity contribution in [3.05, 3.63) is 23.2 Å². The number of nitrogens with zero attached hydrogens (tertiary/aromatic N) is 3. The highest BCUT2D eigenvalue weighted by atomic mass is 79.9. The van der Waals surface area contributed by atoms with Crippen molar-refractivity contribution in [3.63, 3.8) is 0 Å². The number of rotatable bonds is 1. The normalized spacial score (nSPS) is 11.4. The van der Waals surface area contributed by atoms with Crippen LogP contribution in [0.4, 0.5) is 0 Å². The first-order valence-corrected chi connectivity index (χ1v) is 4.97. The molecule has 0 atom stereocenters. The van der Waals surface area contributed by atoms with Crippen LogP contribution in [0.5, 0.6) is 0 Å². The van der Waals surface area contributed by atoms with Gasteiger partial charge >= 0.3 is 0 Å². The highest BCUT2D eigenvalue weighted by Gasteiger charge is 2.09. The predicted octanol–water partition coefficient (Wildman–Crippen LogP) is 2.77. The van der Waals surface area contributed by atoms with Gasteiger partial charge in [0.05, 0.1) is 17.2 Å². The second-order valence-corrected chi connectivity index (χ2v) is 3.92. The molecule has 0 bridgehead atoms. The Bertz CT molecular complexity index is 433. The van der Waals surface area contributed by atoms with Crippen LogP contribution in [-0.2, 0) is 0 Å². The zero-order chi connectivity index (χ0) is 9.42. The number of aromatic nitrogens is 3. The van der Waals surface area contributed by atoms with Crippen molar-refractivity contribution in [1.29, 1.82) is 0 Å². The SMILES string of the molecule is CC(C)n1c(Br)nc2ccncc21. The summed E-state index contributed by atoms with van der Waals surface area (Å²) in [4.78, 5) is 8.46. The molecule has 68 valence electrons. The Labute approximate surface area is 84.9 Å². The largest absolute Gasteiger partial charge is 0.315 e. The lowest BCUT2D eigenvalue weighted by molar-refractivity contribution is 0.604. The van der Waals surface area contributed by atoms with Gasteiger partial charge < -0.3 is 4.57 Å². The maximum Gasteiger partial charge on any atom is 0.178 e. The van der Waals surface area contributed by atoms with Gasteiger partial charge in [0, 0.05) is 12.2 Å². The van der Waals surface area contributed by atoms with Crippen molar-refractivity contribution < 1.29 is 0 Å². The molecule has 13 heavy (non-hydrogen) atoms. The molecular weight excluding hydrogens is 230 g/mol. The van der Waals surface area contributed by atoms with Crippen LogP contribution in [0.15, 0.2) is 23.2 Å². The summed E-state index contributed by atoms with van der Waals surface area (Å²) in [5.74, 6) is 0. The Morgan fingerprint density at radius 3 is 2.92 bits per heavy atom. The molecule has 3 nitrogen and oxygen atoms in total. The molecule has 0 unspecified atom stereocenters. The molecule has 2 aromatic heterocycles. The molecule has 0 aromatic carbocycles. The number of hydrogen-bond donors (Lipinski definition) is 0. The average molecular weight is 240 g/mol. The van der Waals surface area contributed by atoms with E-state index in [1.54, 1.807) is 6.20 Å². The maximum absolute atomic E-state index is 4.37. The van der Waals surface area contributed by atoms with E-state index in [2.05, 4.69) is 44.3 Å². The van der Waals surface area contributed by atoms with Gasteiger partial charge in [0.25, 0.3) is 0 Å². The number of halogens is 1. The van der Waals surface area contributed by atoms with Gasteiger partial charge in [-0.15, -0.1) is 0 Å². The summed E-state index contributed by atoms with van der Waals surface area (Å²) in [6, 6.07) is 2.31. The predicted molar refractivity (Wildman–Crippen MR) is 55.6 cm³/mol. The van der Waals surface area contributed by atoms with Crippen LogP contribution in [-0.4, -0.2) is 14.5 Å². The van der Waals surface area contributed by atoms with Gasteiger partial charge in [-0.25, -0.2) is 4.98 Å². The van der Waals surface area contributed by atoms with Crippen LogP contribution < -0.4 is 0 Å². The Balaban J connectivity index is 2.78. The van der Waals surface area contributed by atoms with Crippen molar-refractivity contribution in [2.45, 2.75) is 19.9 Å². The van der Waals surface area contributed by atoms with E-state index in [0.717, 1.165) is 15.8 Å². The molecule has 0 saturated carbocycles. The minimum atomic E-state index is 0.392. The Kier molecular flexibility index (Phi) is 2.07. The smallest absolute Gasteiger partial charge is 0.178 e. The van der Waals surface area contributed by atoms with Crippen molar-refractivity contribution in [3.8, 4) is 0 Å². The van der Waals surface area contributed by atoms with Crippen LogP contribution >= 0.6 is 15.9 Å². The average Bonchev–Trinajstić information content (AvgIpc) is 2.39. The summed E-state index contributed by atoms with van der Waals surface area (Å²) in [5.41, 5.74) is 2.06. The summed E-state index contributed by atoms with van der Waals surface area (Å²) in [7, 11) is 0. The zero-order valence-electron chi connectivity index (χ0n) is 7.53. The van der Waals surface area contributed by atoms with Crippen molar-refractivity contribution in [2.75, 3.05) is 0 Å². The van der Waals surface area contributed by atoms with Crippen LogP contribution in [0.3, 0.4) is 0 Å². The quantitative estimate of drug-likeness (QED) is 0.767. The number of imidazole rings is 1. The maximum atomic E-state index is 4.37. The Hall–Kier alpha value is -0.900. The van der Waals surface area contributed by atoms with E-state index < -0.39 is 0 Å². The number of pyridine rings is 1. The fourth-order valence-corrected chi connectivity index (χ4v) is 2.19. The van der Waals surface area contributed by atoms with Crippen LogP contribution in [0.25, 0.3) is 11.0 Å². The van der Waals surface area contributed by atoms with E-state index >= 15 is 0 Å². The molecule has 2 aromatic rings. The minimum Gasteiger partial charge on any atom is -0.315 e. The van der Waals surface area contributed by atoms with Crippen LogP contribution in [0.1, 0.15) is 19.9 Å². The fourth-order valence-electron chi connectivity index (χ4n) is 1.40.